The van der Waals surface area contributed by atoms with E-state index in [4.69, 9.17) is 5.11 Å². The second-order valence-electron chi connectivity index (χ2n) is 4.42. The van der Waals surface area contributed by atoms with Gasteiger partial charge in [0.15, 0.2) is 0 Å². The Labute approximate surface area is 101 Å². The molecule has 1 unspecified atom stereocenters. The van der Waals surface area contributed by atoms with Gasteiger partial charge in [0, 0.05) is 0 Å². The topological polar surface area (TPSA) is 37.3 Å². The molecule has 0 aromatic heterocycles. The van der Waals surface area contributed by atoms with Crippen molar-refractivity contribution in [2.75, 3.05) is 5.75 Å². The van der Waals surface area contributed by atoms with Crippen LogP contribution in [-0.4, -0.2) is 33.1 Å². The van der Waals surface area contributed by atoms with Gasteiger partial charge in [-0.05, 0) is 0 Å². The van der Waals surface area contributed by atoms with Crippen LogP contribution in [0.4, 0.5) is 0 Å². The third-order valence-corrected chi connectivity index (χ3v) is 19.7. The van der Waals surface area contributed by atoms with E-state index in [0.717, 1.165) is 18.1 Å². The van der Waals surface area contributed by atoms with Gasteiger partial charge in [0.2, 0.25) is 0 Å². The van der Waals surface area contributed by atoms with E-state index in [2.05, 4.69) is 31.7 Å². The molecule has 1 aliphatic heterocycles. The molecule has 0 saturated carbocycles. The number of hydrogen-bond donors (Lipinski definition) is 1. The Morgan fingerprint density at radius 2 is 2.20 bits per heavy atom. The molecule has 0 bridgehead atoms. The second-order valence-corrected chi connectivity index (χ2v) is 27.1. The molecule has 1 N–H and O–H groups in total. The van der Waals surface area contributed by atoms with E-state index < -0.39 is 17.0 Å². The second kappa shape index (κ2) is 6.45. The van der Waals surface area contributed by atoms with Crippen molar-refractivity contribution in [2.24, 2.45) is 0 Å². The summed E-state index contributed by atoms with van der Waals surface area (Å²) in [5.74, 6) is 5.63. The number of unbranched alkanes of at least 4 members (excludes halogenated alkanes) is 1. The molecule has 1 heterocycles. The first kappa shape index (κ1) is 13.8. The molecule has 0 aromatic carbocycles. The normalized spacial score (nSPS) is 25.1. The van der Waals surface area contributed by atoms with E-state index >= 15 is 0 Å². The number of hydrogen-bond acceptors (Lipinski definition) is 3. The summed E-state index contributed by atoms with van der Waals surface area (Å²) < 4.78 is 0. The van der Waals surface area contributed by atoms with Gasteiger partial charge in [0.05, 0.1) is 0 Å². The molecule has 1 fully saturated rings. The van der Waals surface area contributed by atoms with Crippen LogP contribution in [0.25, 0.3) is 0 Å². The van der Waals surface area contributed by atoms with Gasteiger partial charge in [0.1, 0.15) is 0 Å². The molecular formula is C10H20GeO2S2. The summed E-state index contributed by atoms with van der Waals surface area (Å²) in [6.07, 6.45) is 4.85. The van der Waals surface area contributed by atoms with Gasteiger partial charge >= 0.3 is 102 Å². The Hall–Kier alpha value is 0.713. The molecule has 1 aliphatic rings. The van der Waals surface area contributed by atoms with Gasteiger partial charge < -0.3 is 0 Å². The van der Waals surface area contributed by atoms with Gasteiger partial charge in [-0.15, -0.1) is 0 Å². The van der Waals surface area contributed by atoms with Gasteiger partial charge in [-0.2, -0.15) is 0 Å². The Morgan fingerprint density at radius 1 is 1.47 bits per heavy atom. The molecule has 0 aliphatic carbocycles. The van der Waals surface area contributed by atoms with Gasteiger partial charge in [-0.3, -0.25) is 0 Å². The van der Waals surface area contributed by atoms with Gasteiger partial charge in [-0.25, -0.2) is 0 Å². The predicted octanol–water partition coefficient (Wildman–Crippen LogP) is 3.57. The van der Waals surface area contributed by atoms with Gasteiger partial charge in [0.25, 0.3) is 0 Å². The Bertz CT molecular complexity index is 221. The van der Waals surface area contributed by atoms with E-state index in [1.165, 1.54) is 18.6 Å². The zero-order valence-corrected chi connectivity index (χ0v) is 13.2. The van der Waals surface area contributed by atoms with E-state index in [9.17, 15) is 4.79 Å². The van der Waals surface area contributed by atoms with Crippen molar-refractivity contribution >= 4 is 37.1 Å². The van der Waals surface area contributed by atoms with Crippen LogP contribution in [0.2, 0.25) is 11.5 Å². The van der Waals surface area contributed by atoms with Crippen LogP contribution >= 0.6 is 20.2 Å². The minimum absolute atomic E-state index is 0.344. The molecule has 1 saturated heterocycles. The monoisotopic (exact) mass is 310 g/mol. The van der Waals surface area contributed by atoms with Crippen LogP contribution in [0.3, 0.4) is 0 Å². The van der Waals surface area contributed by atoms with Crippen LogP contribution in [-0.2, 0) is 4.79 Å². The standard InChI is InChI=1S/C10H20GeO2S2/c1-11(2)14-8-7-9(15-11)5-3-4-6-10(12)13/h9H,3-8H2,1-2H3,(H,12,13). The molecular weight excluding hydrogens is 289 g/mol. The van der Waals surface area contributed by atoms with Crippen LogP contribution < -0.4 is 0 Å². The predicted molar refractivity (Wildman–Crippen MR) is 72.0 cm³/mol. The van der Waals surface area contributed by atoms with Crippen LogP contribution in [0.1, 0.15) is 32.1 Å². The molecule has 1 atom stereocenters. The maximum atomic E-state index is 10.4. The average Bonchev–Trinajstić information content (AvgIpc) is 2.10. The van der Waals surface area contributed by atoms with E-state index in [1.807, 2.05) is 0 Å². The Balaban J connectivity index is 2.13. The molecule has 0 radical (unpaired) electrons. The van der Waals surface area contributed by atoms with Crippen molar-refractivity contribution in [1.82, 2.24) is 0 Å². The number of carboxylic acid groups (broad SMARTS) is 1. The zero-order chi connectivity index (χ0) is 11.3. The Morgan fingerprint density at radius 3 is 2.80 bits per heavy atom. The zero-order valence-electron chi connectivity index (χ0n) is 9.49. The van der Waals surface area contributed by atoms with Crippen molar-refractivity contribution in [3.05, 3.63) is 0 Å². The summed E-state index contributed by atoms with van der Waals surface area (Å²) in [7, 11) is 2.98. The summed E-state index contributed by atoms with van der Waals surface area (Å²) >= 11 is 0. The van der Waals surface area contributed by atoms with Crippen LogP contribution in [0.15, 0.2) is 0 Å². The number of carbonyl (C=O) groups is 1. The molecule has 0 spiro atoms. The van der Waals surface area contributed by atoms with Crippen LogP contribution in [0, 0.1) is 0 Å². The van der Waals surface area contributed by atoms with Crippen molar-refractivity contribution in [3.63, 3.8) is 0 Å². The van der Waals surface area contributed by atoms with Crippen molar-refractivity contribution < 1.29 is 9.90 Å². The fourth-order valence-corrected chi connectivity index (χ4v) is 19.5. The van der Waals surface area contributed by atoms with E-state index in [-0.39, 0.29) is 0 Å². The number of carboxylic acids is 1. The summed E-state index contributed by atoms with van der Waals surface area (Å²) in [4.78, 5) is 10.4. The van der Waals surface area contributed by atoms with Gasteiger partial charge in [-0.1, -0.05) is 0 Å². The van der Waals surface area contributed by atoms with Crippen LogP contribution in [0.5, 0.6) is 0 Å². The first-order valence-corrected chi connectivity index (χ1v) is 16.7. The fraction of sp³-hybridized carbons (Fsp3) is 0.900. The van der Waals surface area contributed by atoms with E-state index in [0.29, 0.717) is 6.42 Å². The Kier molecular flexibility index (Phi) is 5.92. The number of aliphatic carboxylic acids is 1. The molecule has 15 heavy (non-hydrogen) atoms. The first-order valence-electron chi connectivity index (χ1n) is 5.53. The SMILES string of the molecule is [CH3][Ge]1([CH3])[S]CCC(CCCCC(=O)O)[S]1. The maximum absolute atomic E-state index is 10.4. The minimum atomic E-state index is -1.50. The molecule has 88 valence electrons. The summed E-state index contributed by atoms with van der Waals surface area (Å²) in [5, 5.41) is 9.36. The number of rotatable bonds is 5. The molecule has 5 heteroatoms. The summed E-state index contributed by atoms with van der Waals surface area (Å²) in [5.41, 5.74) is 0. The molecule has 2 nitrogen and oxygen atoms in total. The molecule has 1 rings (SSSR count). The van der Waals surface area contributed by atoms with Crippen molar-refractivity contribution in [1.29, 1.82) is 0 Å². The van der Waals surface area contributed by atoms with Crippen molar-refractivity contribution in [3.8, 4) is 0 Å². The summed E-state index contributed by atoms with van der Waals surface area (Å²) in [6.45, 7) is 0. The third-order valence-electron chi connectivity index (χ3n) is 2.51. The average molecular weight is 309 g/mol. The first-order chi connectivity index (χ1) is 6.99. The summed E-state index contributed by atoms with van der Waals surface area (Å²) in [6, 6.07) is 0. The fourth-order valence-electron chi connectivity index (χ4n) is 1.78. The third kappa shape index (κ3) is 6.12. The molecule has 0 amide bonds. The quantitative estimate of drug-likeness (QED) is 0.622. The van der Waals surface area contributed by atoms with E-state index in [1.54, 1.807) is 0 Å². The molecule has 0 aromatic rings. The van der Waals surface area contributed by atoms with Crippen molar-refractivity contribution in [2.45, 2.75) is 48.9 Å².